The van der Waals surface area contributed by atoms with E-state index in [1.54, 1.807) is 6.92 Å². The molecule has 0 fully saturated rings. The Bertz CT molecular complexity index is 423. The molecule has 21 heavy (non-hydrogen) atoms. The van der Waals surface area contributed by atoms with Crippen LogP contribution in [0.1, 0.15) is 73.1 Å². The Kier molecular flexibility index (Phi) is 9.84. The van der Waals surface area contributed by atoms with Gasteiger partial charge in [-0.2, -0.15) is 0 Å². The second-order valence-corrected chi connectivity index (χ2v) is 6.42. The molecule has 0 saturated carbocycles. The van der Waals surface area contributed by atoms with Crippen molar-refractivity contribution in [3.8, 4) is 12.3 Å². The first-order valence-corrected chi connectivity index (χ1v) is 7.91. The maximum absolute atomic E-state index is 9.73. The van der Waals surface area contributed by atoms with Gasteiger partial charge < -0.3 is 5.11 Å². The average molecular weight is 288 g/mol. The van der Waals surface area contributed by atoms with Crippen molar-refractivity contribution in [3.05, 3.63) is 34.9 Å². The van der Waals surface area contributed by atoms with E-state index in [9.17, 15) is 5.11 Å². The van der Waals surface area contributed by atoms with Crippen LogP contribution in [0.3, 0.4) is 0 Å². The minimum absolute atomic E-state index is 0.623. The predicted molar refractivity (Wildman–Crippen MR) is 94.1 cm³/mol. The monoisotopic (exact) mass is 288 g/mol. The van der Waals surface area contributed by atoms with Gasteiger partial charge in [-0.1, -0.05) is 40.9 Å². The van der Waals surface area contributed by atoms with E-state index in [1.807, 2.05) is 0 Å². The molecule has 1 nitrogen and oxygen atoms in total. The minimum Gasteiger partial charge on any atom is -0.378 e. The van der Waals surface area contributed by atoms with Crippen LogP contribution in [0.25, 0.3) is 0 Å². The van der Waals surface area contributed by atoms with Gasteiger partial charge in [-0.3, -0.25) is 0 Å². The molecule has 1 unspecified atom stereocenters. The van der Waals surface area contributed by atoms with E-state index in [0.717, 1.165) is 32.1 Å². The van der Waals surface area contributed by atoms with Gasteiger partial charge >= 0.3 is 0 Å². The van der Waals surface area contributed by atoms with Crippen molar-refractivity contribution in [1.29, 1.82) is 0 Å². The molecule has 0 heterocycles. The molecule has 0 aromatic rings. The van der Waals surface area contributed by atoms with Gasteiger partial charge in [-0.15, -0.1) is 6.42 Å². The summed E-state index contributed by atoms with van der Waals surface area (Å²) in [4.78, 5) is 0. The fourth-order valence-corrected chi connectivity index (χ4v) is 2.01. The zero-order chi connectivity index (χ0) is 16.3. The average Bonchev–Trinajstić information content (AvgIpc) is 2.38. The SMILES string of the molecule is C#CC(C)(O)CCC=C(C)CCC=C(C)CCC=C(C)C. The Labute approximate surface area is 131 Å². The highest BCUT2D eigenvalue weighted by molar-refractivity contribution is 5.08. The smallest absolute Gasteiger partial charge is 0.122 e. The van der Waals surface area contributed by atoms with Gasteiger partial charge in [0.25, 0.3) is 0 Å². The van der Waals surface area contributed by atoms with Gasteiger partial charge in [-0.05, 0) is 73.1 Å². The van der Waals surface area contributed by atoms with Gasteiger partial charge in [0.05, 0.1) is 0 Å². The molecule has 0 rings (SSSR count). The van der Waals surface area contributed by atoms with E-state index in [4.69, 9.17) is 6.42 Å². The third-order valence-electron chi connectivity index (χ3n) is 3.56. The number of aliphatic hydroxyl groups is 1. The Morgan fingerprint density at radius 1 is 0.952 bits per heavy atom. The molecule has 0 saturated heterocycles. The lowest BCUT2D eigenvalue weighted by molar-refractivity contribution is 0.113. The van der Waals surface area contributed by atoms with Crippen LogP contribution < -0.4 is 0 Å². The van der Waals surface area contributed by atoms with Gasteiger partial charge in [0.15, 0.2) is 0 Å². The molecule has 0 radical (unpaired) electrons. The maximum Gasteiger partial charge on any atom is 0.122 e. The Morgan fingerprint density at radius 2 is 1.43 bits per heavy atom. The fraction of sp³-hybridized carbons (Fsp3) is 0.600. The van der Waals surface area contributed by atoms with Crippen molar-refractivity contribution in [2.75, 3.05) is 0 Å². The molecular formula is C20H32O. The zero-order valence-electron chi connectivity index (χ0n) is 14.5. The number of rotatable bonds is 9. The van der Waals surface area contributed by atoms with Gasteiger partial charge in [0.2, 0.25) is 0 Å². The summed E-state index contributed by atoms with van der Waals surface area (Å²) in [5.74, 6) is 2.41. The summed E-state index contributed by atoms with van der Waals surface area (Å²) < 4.78 is 0. The summed E-state index contributed by atoms with van der Waals surface area (Å²) in [6, 6.07) is 0. The van der Waals surface area contributed by atoms with Gasteiger partial charge in [0, 0.05) is 0 Å². The molecule has 118 valence electrons. The molecule has 0 aromatic carbocycles. The highest BCUT2D eigenvalue weighted by Crippen LogP contribution is 2.15. The van der Waals surface area contributed by atoms with Gasteiger partial charge in [-0.25, -0.2) is 0 Å². The summed E-state index contributed by atoms with van der Waals surface area (Å²) in [7, 11) is 0. The van der Waals surface area contributed by atoms with Gasteiger partial charge in [0.1, 0.15) is 5.60 Å². The molecule has 0 aromatic heterocycles. The Morgan fingerprint density at radius 3 is 1.90 bits per heavy atom. The number of hydrogen-bond acceptors (Lipinski definition) is 1. The summed E-state index contributed by atoms with van der Waals surface area (Å²) in [5, 5.41) is 9.73. The van der Waals surface area contributed by atoms with E-state index in [1.165, 1.54) is 16.7 Å². The van der Waals surface area contributed by atoms with Crippen LogP contribution in [0.15, 0.2) is 34.9 Å². The van der Waals surface area contributed by atoms with Crippen LogP contribution in [0.5, 0.6) is 0 Å². The second kappa shape index (κ2) is 10.5. The van der Waals surface area contributed by atoms with E-state index in [-0.39, 0.29) is 0 Å². The first kappa shape index (κ1) is 19.7. The molecular weight excluding hydrogens is 256 g/mol. The highest BCUT2D eigenvalue weighted by atomic mass is 16.3. The van der Waals surface area contributed by atoms with E-state index >= 15 is 0 Å². The maximum atomic E-state index is 9.73. The molecule has 0 aliphatic heterocycles. The van der Waals surface area contributed by atoms with Crippen molar-refractivity contribution >= 4 is 0 Å². The lowest BCUT2D eigenvalue weighted by atomic mass is 9.99. The quantitative estimate of drug-likeness (QED) is 0.434. The van der Waals surface area contributed by atoms with Crippen molar-refractivity contribution in [1.82, 2.24) is 0 Å². The summed E-state index contributed by atoms with van der Waals surface area (Å²) in [6.45, 7) is 10.3. The molecule has 0 aliphatic rings. The lowest BCUT2D eigenvalue weighted by Crippen LogP contribution is -2.20. The first-order valence-electron chi connectivity index (χ1n) is 7.91. The summed E-state index contributed by atoms with van der Waals surface area (Å²) >= 11 is 0. The van der Waals surface area contributed by atoms with Crippen molar-refractivity contribution in [2.45, 2.75) is 78.7 Å². The van der Waals surface area contributed by atoms with Crippen LogP contribution in [0.4, 0.5) is 0 Å². The number of allylic oxidation sites excluding steroid dienone is 6. The molecule has 1 atom stereocenters. The molecule has 0 bridgehead atoms. The largest absolute Gasteiger partial charge is 0.378 e. The van der Waals surface area contributed by atoms with E-state index in [2.05, 4.69) is 51.8 Å². The van der Waals surface area contributed by atoms with E-state index < -0.39 is 5.60 Å². The standard InChI is InChI=1S/C20H32O/c1-7-20(6,21)16-10-15-19(5)14-9-13-18(4)12-8-11-17(2)3/h1,11,13,15,21H,8-10,12,14,16H2,2-6H3. The lowest BCUT2D eigenvalue weighted by Gasteiger charge is -2.14. The highest BCUT2D eigenvalue weighted by Gasteiger charge is 2.14. The third-order valence-corrected chi connectivity index (χ3v) is 3.56. The molecule has 1 N–H and O–H groups in total. The molecule has 0 spiro atoms. The fourth-order valence-electron chi connectivity index (χ4n) is 2.01. The first-order chi connectivity index (χ1) is 9.76. The predicted octanol–water partition coefficient (Wildman–Crippen LogP) is 5.57. The topological polar surface area (TPSA) is 20.2 Å². The minimum atomic E-state index is -0.974. The molecule has 1 heteroatoms. The molecule has 0 aliphatic carbocycles. The van der Waals surface area contributed by atoms with E-state index in [0.29, 0.717) is 6.42 Å². The van der Waals surface area contributed by atoms with Crippen LogP contribution >= 0.6 is 0 Å². The summed E-state index contributed by atoms with van der Waals surface area (Å²) in [6.07, 6.45) is 18.0. The molecule has 0 amide bonds. The second-order valence-electron chi connectivity index (χ2n) is 6.42. The number of terminal acetylenes is 1. The van der Waals surface area contributed by atoms with Crippen LogP contribution in [0, 0.1) is 12.3 Å². The normalized spacial score (nSPS) is 15.3. The van der Waals surface area contributed by atoms with Crippen LogP contribution in [-0.2, 0) is 0 Å². The van der Waals surface area contributed by atoms with Crippen LogP contribution in [-0.4, -0.2) is 10.7 Å². The van der Waals surface area contributed by atoms with Crippen molar-refractivity contribution in [2.24, 2.45) is 0 Å². The Balaban J connectivity index is 3.99. The third kappa shape index (κ3) is 12.2. The number of hydrogen-bond donors (Lipinski definition) is 1. The van der Waals surface area contributed by atoms with Crippen molar-refractivity contribution in [3.63, 3.8) is 0 Å². The zero-order valence-corrected chi connectivity index (χ0v) is 14.5. The summed E-state index contributed by atoms with van der Waals surface area (Å²) in [5.41, 5.74) is 3.26. The van der Waals surface area contributed by atoms with Crippen LogP contribution in [0.2, 0.25) is 0 Å². The Hall–Kier alpha value is -1.26. The van der Waals surface area contributed by atoms with Crippen molar-refractivity contribution < 1.29 is 5.11 Å².